The summed E-state index contributed by atoms with van der Waals surface area (Å²) in [6, 6.07) is 0. The van der Waals surface area contributed by atoms with Crippen LogP contribution >= 0.6 is 0 Å². The molecule has 0 aliphatic rings. The molecule has 0 saturated carbocycles. The average molecular weight is 962 g/mol. The van der Waals surface area contributed by atoms with E-state index in [1.54, 1.807) is 0 Å². The number of hydrogen-bond acceptors (Lipinski definition) is 6. The van der Waals surface area contributed by atoms with Gasteiger partial charge in [0.2, 0.25) is 0 Å². The zero-order chi connectivity index (χ0) is 50.0. The lowest BCUT2D eigenvalue weighted by atomic mass is 10.1. The summed E-state index contributed by atoms with van der Waals surface area (Å²) in [6.45, 7) is 6.49. The van der Waals surface area contributed by atoms with Crippen LogP contribution in [-0.4, -0.2) is 37.2 Å². The Hall–Kier alpha value is -3.41. The highest BCUT2D eigenvalue weighted by molar-refractivity contribution is 5.71. The second-order valence-electron chi connectivity index (χ2n) is 19.2. The van der Waals surface area contributed by atoms with E-state index in [2.05, 4.69) is 106 Å². The fourth-order valence-electron chi connectivity index (χ4n) is 7.99. The first-order valence-electron chi connectivity index (χ1n) is 29.1. The third kappa shape index (κ3) is 55.4. The topological polar surface area (TPSA) is 78.9 Å². The van der Waals surface area contributed by atoms with Crippen LogP contribution in [0.2, 0.25) is 0 Å². The first kappa shape index (κ1) is 65.6. The molecule has 6 nitrogen and oxygen atoms in total. The smallest absolute Gasteiger partial charge is 0.306 e. The molecular formula is C63H108O6. The lowest BCUT2D eigenvalue weighted by Gasteiger charge is -2.18. The molecule has 0 radical (unpaired) electrons. The number of ether oxygens (including phenoxy) is 3. The monoisotopic (exact) mass is 961 g/mol. The normalized spacial score (nSPS) is 12.7. The fraction of sp³-hybridized carbons (Fsp3) is 0.730. The molecule has 0 heterocycles. The maximum absolute atomic E-state index is 12.9. The van der Waals surface area contributed by atoms with Crippen LogP contribution in [0.5, 0.6) is 0 Å². The Morgan fingerprint density at radius 1 is 0.304 bits per heavy atom. The summed E-state index contributed by atoms with van der Waals surface area (Å²) in [5.74, 6) is -0.926. The van der Waals surface area contributed by atoms with Crippen LogP contribution in [0.3, 0.4) is 0 Å². The molecule has 0 unspecified atom stereocenters. The molecule has 0 rings (SSSR count). The maximum atomic E-state index is 12.9. The highest BCUT2D eigenvalue weighted by Crippen LogP contribution is 2.15. The van der Waals surface area contributed by atoms with E-state index in [0.717, 1.165) is 96.3 Å². The first-order chi connectivity index (χ1) is 34.0. The third-order valence-corrected chi connectivity index (χ3v) is 12.4. The molecule has 6 heteroatoms. The number of esters is 3. The third-order valence-electron chi connectivity index (χ3n) is 12.4. The molecule has 0 aromatic rings. The van der Waals surface area contributed by atoms with Gasteiger partial charge < -0.3 is 14.2 Å². The molecule has 0 amide bonds. The number of unbranched alkanes of at least 4 members (excludes halogenated alkanes) is 27. The van der Waals surface area contributed by atoms with Gasteiger partial charge in [0.1, 0.15) is 13.2 Å². The average Bonchev–Trinajstić information content (AvgIpc) is 3.35. The van der Waals surface area contributed by atoms with Gasteiger partial charge in [-0.05, 0) is 116 Å². The van der Waals surface area contributed by atoms with Crippen molar-refractivity contribution >= 4 is 17.9 Å². The molecular weight excluding hydrogens is 853 g/mol. The van der Waals surface area contributed by atoms with Crippen molar-refractivity contribution in [2.45, 2.75) is 284 Å². The van der Waals surface area contributed by atoms with Crippen LogP contribution in [0.25, 0.3) is 0 Å². The van der Waals surface area contributed by atoms with Crippen molar-refractivity contribution in [3.8, 4) is 0 Å². The van der Waals surface area contributed by atoms with Crippen molar-refractivity contribution in [3.63, 3.8) is 0 Å². The molecule has 0 aliphatic heterocycles. The van der Waals surface area contributed by atoms with E-state index in [1.165, 1.54) is 141 Å². The highest BCUT2D eigenvalue weighted by atomic mass is 16.6. The van der Waals surface area contributed by atoms with E-state index in [9.17, 15) is 14.4 Å². The van der Waals surface area contributed by atoms with Gasteiger partial charge in [0, 0.05) is 19.3 Å². The maximum Gasteiger partial charge on any atom is 0.306 e. The molecule has 396 valence electrons. The number of hydrogen-bond donors (Lipinski definition) is 0. The summed E-state index contributed by atoms with van der Waals surface area (Å²) < 4.78 is 16.9. The standard InChI is InChI=1S/C63H108O6/c1-4-7-10-13-16-19-22-25-28-30-31-33-35-38-41-44-47-50-53-56-62(65)68-59-60(58-67-61(64)55-52-49-46-43-40-37-34-27-24-21-18-15-12-9-6-3)69-63(66)57-54-51-48-45-42-39-36-32-29-26-23-20-17-14-11-8-5-2/h7,10,16,19,21,24-26,28-29,31,33,38,41,60H,4-6,8-9,11-15,17-18,20,22-23,27,30,32,34-37,39-40,42-59H2,1-3H3/b10-7+,19-16+,24-21+,28-25+,29-26+,33-31+,41-38+/t60-/m1/s1. The van der Waals surface area contributed by atoms with Gasteiger partial charge in [-0.25, -0.2) is 0 Å². The van der Waals surface area contributed by atoms with E-state index in [0.29, 0.717) is 19.3 Å². The van der Waals surface area contributed by atoms with Crippen LogP contribution in [-0.2, 0) is 28.6 Å². The number of carbonyl (C=O) groups excluding carboxylic acids is 3. The van der Waals surface area contributed by atoms with Gasteiger partial charge in [0.25, 0.3) is 0 Å². The summed E-state index contributed by atoms with van der Waals surface area (Å²) in [7, 11) is 0. The fourth-order valence-corrected chi connectivity index (χ4v) is 7.99. The molecule has 0 aromatic heterocycles. The highest BCUT2D eigenvalue weighted by Gasteiger charge is 2.19. The van der Waals surface area contributed by atoms with Crippen molar-refractivity contribution < 1.29 is 28.6 Å². The van der Waals surface area contributed by atoms with Gasteiger partial charge in [0.05, 0.1) is 0 Å². The van der Waals surface area contributed by atoms with Gasteiger partial charge in [-0.3, -0.25) is 14.4 Å². The molecule has 0 saturated heterocycles. The minimum atomic E-state index is -0.795. The Balaban J connectivity index is 4.45. The van der Waals surface area contributed by atoms with Gasteiger partial charge in [-0.15, -0.1) is 0 Å². The number of carbonyl (C=O) groups is 3. The summed E-state index contributed by atoms with van der Waals surface area (Å²) in [5.41, 5.74) is 0. The number of rotatable bonds is 52. The summed E-state index contributed by atoms with van der Waals surface area (Å²) >= 11 is 0. The Kier molecular flexibility index (Phi) is 54.3. The molecule has 0 spiro atoms. The van der Waals surface area contributed by atoms with Crippen molar-refractivity contribution in [2.24, 2.45) is 0 Å². The number of allylic oxidation sites excluding steroid dienone is 14. The SMILES string of the molecule is CC/C=C/C/C=C/C/C=C/C/C=C/C/C=C/CCCCCC(=O)OC[C@@H](COC(=O)CCCCCCCCC/C=C/CCCCCC)OC(=O)CCCCCCCCC/C=C/CCCCCCCC. The summed E-state index contributed by atoms with van der Waals surface area (Å²) in [5, 5.41) is 0. The van der Waals surface area contributed by atoms with E-state index in [-0.39, 0.29) is 31.1 Å². The van der Waals surface area contributed by atoms with Crippen molar-refractivity contribution in [1.82, 2.24) is 0 Å². The van der Waals surface area contributed by atoms with Crippen molar-refractivity contribution in [2.75, 3.05) is 13.2 Å². The second kappa shape index (κ2) is 57.2. The Bertz CT molecular complexity index is 1330. The lowest BCUT2D eigenvalue weighted by molar-refractivity contribution is -0.167. The molecule has 0 aromatic carbocycles. The predicted molar refractivity (Wildman–Crippen MR) is 297 cm³/mol. The zero-order valence-electron chi connectivity index (χ0n) is 45.3. The Labute approximate surface area is 426 Å². The molecule has 0 aliphatic carbocycles. The van der Waals surface area contributed by atoms with E-state index < -0.39 is 6.10 Å². The van der Waals surface area contributed by atoms with Crippen LogP contribution in [0.1, 0.15) is 278 Å². The van der Waals surface area contributed by atoms with E-state index in [1.807, 2.05) is 0 Å². The van der Waals surface area contributed by atoms with Gasteiger partial charge >= 0.3 is 17.9 Å². The van der Waals surface area contributed by atoms with Crippen molar-refractivity contribution in [1.29, 1.82) is 0 Å². The van der Waals surface area contributed by atoms with Crippen LogP contribution in [0.4, 0.5) is 0 Å². The molecule has 0 fully saturated rings. The Morgan fingerprint density at radius 3 is 0.928 bits per heavy atom. The predicted octanol–water partition coefficient (Wildman–Crippen LogP) is 19.5. The Morgan fingerprint density at radius 2 is 0.565 bits per heavy atom. The zero-order valence-corrected chi connectivity index (χ0v) is 45.3. The molecule has 0 bridgehead atoms. The van der Waals surface area contributed by atoms with Gasteiger partial charge in [-0.2, -0.15) is 0 Å². The summed E-state index contributed by atoms with van der Waals surface area (Å²) in [4.78, 5) is 38.2. The van der Waals surface area contributed by atoms with Gasteiger partial charge in [0.15, 0.2) is 6.10 Å². The van der Waals surface area contributed by atoms with Crippen molar-refractivity contribution in [3.05, 3.63) is 85.1 Å². The summed E-state index contributed by atoms with van der Waals surface area (Å²) in [6.07, 6.45) is 74.2. The molecule has 69 heavy (non-hydrogen) atoms. The van der Waals surface area contributed by atoms with E-state index in [4.69, 9.17) is 14.2 Å². The minimum Gasteiger partial charge on any atom is -0.462 e. The first-order valence-corrected chi connectivity index (χ1v) is 29.1. The second-order valence-corrected chi connectivity index (χ2v) is 19.2. The van der Waals surface area contributed by atoms with Crippen LogP contribution in [0, 0.1) is 0 Å². The largest absolute Gasteiger partial charge is 0.462 e. The van der Waals surface area contributed by atoms with Gasteiger partial charge in [-0.1, -0.05) is 228 Å². The van der Waals surface area contributed by atoms with Crippen LogP contribution in [0.15, 0.2) is 85.1 Å². The van der Waals surface area contributed by atoms with Crippen LogP contribution < -0.4 is 0 Å². The molecule has 0 N–H and O–H groups in total. The molecule has 1 atom stereocenters. The minimum absolute atomic E-state index is 0.0908. The quantitative estimate of drug-likeness (QED) is 0.0262. The lowest BCUT2D eigenvalue weighted by Crippen LogP contribution is -2.30. The van der Waals surface area contributed by atoms with E-state index >= 15 is 0 Å².